The fourth-order valence-electron chi connectivity index (χ4n) is 3.00. The number of benzene rings is 2. The van der Waals surface area contributed by atoms with Gasteiger partial charge in [-0.1, -0.05) is 12.1 Å². The van der Waals surface area contributed by atoms with E-state index >= 15 is 0 Å². The number of nitrogens with one attached hydrogen (secondary N) is 2. The summed E-state index contributed by atoms with van der Waals surface area (Å²) in [6.07, 6.45) is 2.70. The van der Waals surface area contributed by atoms with Gasteiger partial charge in [-0.3, -0.25) is 9.59 Å². The van der Waals surface area contributed by atoms with Crippen LogP contribution in [0, 0.1) is 0 Å². The summed E-state index contributed by atoms with van der Waals surface area (Å²) in [6.45, 7) is 0.162. The van der Waals surface area contributed by atoms with E-state index in [1.165, 1.54) is 0 Å². The molecule has 2 aromatic carbocycles. The van der Waals surface area contributed by atoms with Crippen LogP contribution in [-0.4, -0.2) is 37.0 Å². The van der Waals surface area contributed by atoms with Gasteiger partial charge in [0.25, 0.3) is 11.8 Å². The number of hydrogen-bond acceptors (Lipinski definition) is 5. The van der Waals surface area contributed by atoms with E-state index in [-0.39, 0.29) is 11.9 Å². The number of amides is 2. The number of esters is 1. The Bertz CT molecular complexity index is 936. The largest absolute Gasteiger partial charge is 0.493 e. The SMILES string of the molecule is O=C(COC(=O)c1ccc2c(c1)CCO2)Nc1ccccc1C(=O)NC1CC1. The number of anilines is 1. The Balaban J connectivity index is 1.34. The summed E-state index contributed by atoms with van der Waals surface area (Å²) in [7, 11) is 0. The summed E-state index contributed by atoms with van der Waals surface area (Å²) in [5.74, 6) is -0.541. The number of hydrogen-bond donors (Lipinski definition) is 2. The van der Waals surface area contributed by atoms with Gasteiger partial charge < -0.3 is 20.1 Å². The summed E-state index contributed by atoms with van der Waals surface area (Å²) in [5, 5.41) is 5.53. The first-order valence-corrected chi connectivity index (χ1v) is 9.23. The quantitative estimate of drug-likeness (QED) is 0.750. The second-order valence-electron chi connectivity index (χ2n) is 6.84. The second-order valence-corrected chi connectivity index (χ2v) is 6.84. The predicted octanol–water partition coefficient (Wildman–Crippen LogP) is 2.31. The number of para-hydroxylation sites is 1. The molecule has 0 aromatic heterocycles. The Labute approximate surface area is 162 Å². The van der Waals surface area contributed by atoms with Crippen molar-refractivity contribution in [1.29, 1.82) is 0 Å². The average molecular weight is 380 g/mol. The number of ether oxygens (including phenoxy) is 2. The zero-order valence-electron chi connectivity index (χ0n) is 15.2. The number of rotatable bonds is 6. The number of carbonyl (C=O) groups excluding carboxylic acids is 3. The Kier molecular flexibility index (Phi) is 4.97. The first-order valence-electron chi connectivity index (χ1n) is 9.23. The first kappa shape index (κ1) is 18.0. The van der Waals surface area contributed by atoms with Crippen molar-refractivity contribution < 1.29 is 23.9 Å². The Morgan fingerprint density at radius 2 is 1.93 bits per heavy atom. The standard InChI is InChI=1S/C21H20N2O5/c24-19(12-28-21(26)14-5-8-18-13(11-14)9-10-27-18)23-17-4-2-1-3-16(17)20(25)22-15-6-7-15/h1-5,8,11,15H,6-7,9-10,12H2,(H,22,25)(H,23,24). The lowest BCUT2D eigenvalue weighted by Gasteiger charge is -2.11. The molecule has 0 atom stereocenters. The third-order valence-corrected chi connectivity index (χ3v) is 4.62. The van der Waals surface area contributed by atoms with Crippen LogP contribution in [0.15, 0.2) is 42.5 Å². The molecule has 2 amide bonds. The maximum absolute atomic E-state index is 12.3. The lowest BCUT2D eigenvalue weighted by atomic mass is 10.1. The van der Waals surface area contributed by atoms with E-state index < -0.39 is 18.5 Å². The highest BCUT2D eigenvalue weighted by atomic mass is 16.5. The molecule has 0 spiro atoms. The molecule has 0 saturated heterocycles. The smallest absolute Gasteiger partial charge is 0.338 e. The molecule has 2 N–H and O–H groups in total. The van der Waals surface area contributed by atoms with Crippen molar-refractivity contribution in [2.45, 2.75) is 25.3 Å². The lowest BCUT2D eigenvalue weighted by molar-refractivity contribution is -0.119. The van der Waals surface area contributed by atoms with E-state index in [1.54, 1.807) is 42.5 Å². The first-order chi connectivity index (χ1) is 13.6. The molecule has 1 heterocycles. The normalized spacial score (nSPS) is 14.6. The fraction of sp³-hybridized carbons (Fsp3) is 0.286. The molecular weight excluding hydrogens is 360 g/mol. The van der Waals surface area contributed by atoms with Gasteiger partial charge in [0.05, 0.1) is 23.4 Å². The molecule has 4 rings (SSSR count). The fourth-order valence-corrected chi connectivity index (χ4v) is 3.00. The van der Waals surface area contributed by atoms with Crippen LogP contribution in [0.3, 0.4) is 0 Å². The zero-order valence-corrected chi connectivity index (χ0v) is 15.2. The van der Waals surface area contributed by atoms with E-state index in [2.05, 4.69) is 10.6 Å². The highest BCUT2D eigenvalue weighted by Crippen LogP contribution is 2.26. The van der Waals surface area contributed by atoms with Crippen LogP contribution in [-0.2, 0) is 16.0 Å². The van der Waals surface area contributed by atoms with E-state index in [9.17, 15) is 14.4 Å². The van der Waals surface area contributed by atoms with Crippen LogP contribution in [0.5, 0.6) is 5.75 Å². The topological polar surface area (TPSA) is 93.7 Å². The van der Waals surface area contributed by atoms with Crippen LogP contribution in [0.25, 0.3) is 0 Å². The van der Waals surface area contributed by atoms with Gasteiger partial charge in [-0.25, -0.2) is 4.79 Å². The molecule has 1 fully saturated rings. The maximum atomic E-state index is 12.3. The van der Waals surface area contributed by atoms with Gasteiger partial charge in [0.15, 0.2) is 6.61 Å². The van der Waals surface area contributed by atoms with Crippen molar-refractivity contribution in [3.05, 3.63) is 59.2 Å². The molecule has 28 heavy (non-hydrogen) atoms. The second kappa shape index (κ2) is 7.72. The molecule has 7 heteroatoms. The average Bonchev–Trinajstić information content (AvgIpc) is 3.39. The Morgan fingerprint density at radius 3 is 2.75 bits per heavy atom. The number of carbonyl (C=O) groups is 3. The van der Waals surface area contributed by atoms with Crippen molar-refractivity contribution in [2.75, 3.05) is 18.5 Å². The lowest BCUT2D eigenvalue weighted by Crippen LogP contribution is -2.28. The van der Waals surface area contributed by atoms with Crippen LogP contribution in [0.1, 0.15) is 39.1 Å². The van der Waals surface area contributed by atoms with Gasteiger partial charge in [0.1, 0.15) is 5.75 Å². The van der Waals surface area contributed by atoms with Crippen LogP contribution < -0.4 is 15.4 Å². The molecule has 2 aromatic rings. The molecule has 144 valence electrons. The third kappa shape index (κ3) is 4.14. The molecule has 0 unspecified atom stereocenters. The molecule has 1 aliphatic carbocycles. The van der Waals surface area contributed by atoms with Crippen LogP contribution >= 0.6 is 0 Å². The highest BCUT2D eigenvalue weighted by molar-refractivity contribution is 6.04. The molecule has 0 bridgehead atoms. The minimum Gasteiger partial charge on any atom is -0.493 e. The minimum atomic E-state index is -0.579. The molecular formula is C21H20N2O5. The summed E-state index contributed by atoms with van der Waals surface area (Å²) in [4.78, 5) is 36.7. The minimum absolute atomic E-state index is 0.218. The number of fused-ring (bicyclic) bond motifs is 1. The van der Waals surface area contributed by atoms with Crippen molar-refractivity contribution in [3.63, 3.8) is 0 Å². The Hall–Kier alpha value is -3.35. The van der Waals surface area contributed by atoms with E-state index in [0.29, 0.717) is 23.4 Å². The van der Waals surface area contributed by atoms with Gasteiger partial charge in [-0.15, -0.1) is 0 Å². The van der Waals surface area contributed by atoms with Gasteiger partial charge in [-0.2, -0.15) is 0 Å². The van der Waals surface area contributed by atoms with Crippen LogP contribution in [0.2, 0.25) is 0 Å². The predicted molar refractivity (Wildman–Crippen MR) is 101 cm³/mol. The molecule has 1 saturated carbocycles. The highest BCUT2D eigenvalue weighted by Gasteiger charge is 2.25. The van der Waals surface area contributed by atoms with Crippen molar-refractivity contribution >= 4 is 23.5 Å². The zero-order chi connectivity index (χ0) is 19.5. The monoisotopic (exact) mass is 380 g/mol. The molecule has 7 nitrogen and oxygen atoms in total. The van der Waals surface area contributed by atoms with Crippen LogP contribution in [0.4, 0.5) is 5.69 Å². The summed E-state index contributed by atoms with van der Waals surface area (Å²) in [6, 6.07) is 12.0. The van der Waals surface area contributed by atoms with Crippen molar-refractivity contribution in [3.8, 4) is 5.75 Å². The summed E-state index contributed by atoms with van der Waals surface area (Å²) < 4.78 is 10.5. The summed E-state index contributed by atoms with van der Waals surface area (Å²) >= 11 is 0. The maximum Gasteiger partial charge on any atom is 0.338 e. The van der Waals surface area contributed by atoms with E-state index in [0.717, 1.165) is 30.6 Å². The van der Waals surface area contributed by atoms with Crippen molar-refractivity contribution in [1.82, 2.24) is 5.32 Å². The Morgan fingerprint density at radius 1 is 1.11 bits per heavy atom. The molecule has 0 radical (unpaired) electrons. The van der Waals surface area contributed by atoms with Gasteiger partial charge in [0.2, 0.25) is 0 Å². The molecule has 1 aliphatic heterocycles. The van der Waals surface area contributed by atoms with Crippen molar-refractivity contribution in [2.24, 2.45) is 0 Å². The van der Waals surface area contributed by atoms with E-state index in [4.69, 9.17) is 9.47 Å². The van der Waals surface area contributed by atoms with Gasteiger partial charge >= 0.3 is 5.97 Å². The van der Waals surface area contributed by atoms with Gasteiger partial charge in [-0.05, 0) is 48.7 Å². The summed E-state index contributed by atoms with van der Waals surface area (Å²) in [5.41, 5.74) is 2.10. The van der Waals surface area contributed by atoms with E-state index in [1.807, 2.05) is 0 Å². The van der Waals surface area contributed by atoms with Gasteiger partial charge in [0, 0.05) is 12.5 Å². The third-order valence-electron chi connectivity index (χ3n) is 4.62. The molecule has 2 aliphatic rings.